The average Bonchev–Trinajstić information content (AvgIpc) is 2.27. The number of hydrogen-bond donors (Lipinski definition) is 0. The van der Waals surface area contributed by atoms with Crippen LogP contribution in [0.3, 0.4) is 0 Å². The molecule has 1 rings (SSSR count). The maximum absolute atomic E-state index is 11.8. The van der Waals surface area contributed by atoms with Crippen LogP contribution in [0.25, 0.3) is 0 Å². The smallest absolute Gasteiger partial charge is 0.167 e. The summed E-state index contributed by atoms with van der Waals surface area (Å²) in [6.45, 7) is 4.43. The number of ketones is 1. The fourth-order valence-electron chi connectivity index (χ4n) is 1.43. The third kappa shape index (κ3) is 3.80. The third-order valence-corrected chi connectivity index (χ3v) is 2.18. The molecule has 0 N–H and O–H groups in total. The number of carbonyl (C=O) groups excluding carboxylic acids is 1. The van der Waals surface area contributed by atoms with Gasteiger partial charge in [-0.25, -0.2) is 0 Å². The Balaban J connectivity index is 2.54. The number of aromatic nitrogens is 1. The minimum absolute atomic E-state index is 0.109. The van der Waals surface area contributed by atoms with Crippen LogP contribution in [0.1, 0.15) is 26.0 Å². The topological polar surface area (TPSA) is 39.2 Å². The number of hydrogen-bond acceptors (Lipinski definition) is 3. The highest BCUT2D eigenvalue weighted by Gasteiger charge is 2.16. The molecule has 0 aliphatic rings. The molecule has 0 aliphatic heterocycles. The van der Waals surface area contributed by atoms with Gasteiger partial charge < -0.3 is 4.74 Å². The average molecular weight is 207 g/mol. The SMILES string of the molecule is CCOC(CC)C(=O)Cc1ccccn1. The van der Waals surface area contributed by atoms with E-state index in [1.807, 2.05) is 32.0 Å². The first-order valence-corrected chi connectivity index (χ1v) is 5.32. The van der Waals surface area contributed by atoms with E-state index < -0.39 is 0 Å². The van der Waals surface area contributed by atoms with Gasteiger partial charge in [0, 0.05) is 18.5 Å². The third-order valence-electron chi connectivity index (χ3n) is 2.18. The molecule has 3 heteroatoms. The fraction of sp³-hybridized carbons (Fsp3) is 0.500. The zero-order chi connectivity index (χ0) is 11.1. The number of rotatable bonds is 6. The molecule has 0 fully saturated rings. The lowest BCUT2D eigenvalue weighted by atomic mass is 10.1. The number of Topliss-reactive ketones (excluding diaryl/α,β-unsaturated/α-hetero) is 1. The van der Waals surface area contributed by atoms with Crippen molar-refractivity contribution in [3.8, 4) is 0 Å². The molecule has 0 spiro atoms. The molecule has 0 bridgehead atoms. The zero-order valence-electron chi connectivity index (χ0n) is 9.27. The van der Waals surface area contributed by atoms with Gasteiger partial charge in [0.25, 0.3) is 0 Å². The molecule has 0 amide bonds. The van der Waals surface area contributed by atoms with Crippen molar-refractivity contribution in [2.24, 2.45) is 0 Å². The lowest BCUT2D eigenvalue weighted by Gasteiger charge is -2.12. The molecule has 0 saturated heterocycles. The second-order valence-electron chi connectivity index (χ2n) is 3.32. The monoisotopic (exact) mass is 207 g/mol. The summed E-state index contributed by atoms with van der Waals surface area (Å²) >= 11 is 0. The Bertz CT molecular complexity index is 298. The Kier molecular flexibility index (Phi) is 4.98. The van der Waals surface area contributed by atoms with E-state index in [1.165, 1.54) is 0 Å². The Morgan fingerprint density at radius 2 is 2.27 bits per heavy atom. The molecule has 1 aromatic heterocycles. The molecule has 0 aliphatic carbocycles. The van der Waals surface area contributed by atoms with E-state index >= 15 is 0 Å². The normalized spacial score (nSPS) is 12.4. The van der Waals surface area contributed by atoms with Crippen molar-refractivity contribution in [2.45, 2.75) is 32.8 Å². The van der Waals surface area contributed by atoms with Crippen molar-refractivity contribution in [3.63, 3.8) is 0 Å². The van der Waals surface area contributed by atoms with Gasteiger partial charge in [0.2, 0.25) is 0 Å². The van der Waals surface area contributed by atoms with E-state index in [9.17, 15) is 4.79 Å². The van der Waals surface area contributed by atoms with E-state index in [1.54, 1.807) is 6.20 Å². The van der Waals surface area contributed by atoms with E-state index in [4.69, 9.17) is 4.74 Å². The Morgan fingerprint density at radius 3 is 2.80 bits per heavy atom. The van der Waals surface area contributed by atoms with Crippen LogP contribution in [-0.2, 0) is 16.0 Å². The first kappa shape index (κ1) is 11.9. The first-order chi connectivity index (χ1) is 7.27. The first-order valence-electron chi connectivity index (χ1n) is 5.32. The van der Waals surface area contributed by atoms with Crippen LogP contribution >= 0.6 is 0 Å². The van der Waals surface area contributed by atoms with Crippen molar-refractivity contribution < 1.29 is 9.53 Å². The number of ether oxygens (including phenoxy) is 1. The molecule has 1 unspecified atom stereocenters. The van der Waals surface area contributed by atoms with Crippen LogP contribution < -0.4 is 0 Å². The molecule has 1 heterocycles. The van der Waals surface area contributed by atoms with Crippen LogP contribution in [0.4, 0.5) is 0 Å². The van der Waals surface area contributed by atoms with Gasteiger partial charge in [-0.2, -0.15) is 0 Å². The summed E-state index contributed by atoms with van der Waals surface area (Å²) in [5.74, 6) is 0.109. The van der Waals surface area contributed by atoms with E-state index in [0.29, 0.717) is 13.0 Å². The molecule has 15 heavy (non-hydrogen) atoms. The Morgan fingerprint density at radius 1 is 1.47 bits per heavy atom. The molecule has 1 aromatic rings. The highest BCUT2D eigenvalue weighted by atomic mass is 16.5. The fourth-order valence-corrected chi connectivity index (χ4v) is 1.43. The van der Waals surface area contributed by atoms with Crippen LogP contribution in [0.5, 0.6) is 0 Å². The summed E-state index contributed by atoms with van der Waals surface area (Å²) < 4.78 is 5.35. The molecule has 0 saturated carbocycles. The summed E-state index contributed by atoms with van der Waals surface area (Å²) in [6, 6.07) is 5.58. The van der Waals surface area contributed by atoms with Crippen molar-refractivity contribution >= 4 is 5.78 Å². The largest absolute Gasteiger partial charge is 0.371 e. The predicted octanol–water partition coefficient (Wildman–Crippen LogP) is 2.01. The molecular formula is C12H17NO2. The Labute approximate surface area is 90.5 Å². The van der Waals surface area contributed by atoms with E-state index in [2.05, 4.69) is 4.98 Å². The lowest BCUT2D eigenvalue weighted by Crippen LogP contribution is -2.25. The summed E-state index contributed by atoms with van der Waals surface area (Å²) in [4.78, 5) is 15.9. The van der Waals surface area contributed by atoms with Gasteiger partial charge in [-0.3, -0.25) is 9.78 Å². The second-order valence-corrected chi connectivity index (χ2v) is 3.32. The van der Waals surface area contributed by atoms with Crippen LogP contribution in [0, 0.1) is 0 Å². The number of carbonyl (C=O) groups is 1. The van der Waals surface area contributed by atoms with Gasteiger partial charge in [0.15, 0.2) is 5.78 Å². The van der Waals surface area contributed by atoms with Crippen molar-refractivity contribution in [1.29, 1.82) is 0 Å². The van der Waals surface area contributed by atoms with Crippen LogP contribution in [0.2, 0.25) is 0 Å². The van der Waals surface area contributed by atoms with Crippen molar-refractivity contribution in [3.05, 3.63) is 30.1 Å². The van der Waals surface area contributed by atoms with Gasteiger partial charge >= 0.3 is 0 Å². The summed E-state index contributed by atoms with van der Waals surface area (Å²) in [5, 5.41) is 0. The lowest BCUT2D eigenvalue weighted by molar-refractivity contribution is -0.129. The van der Waals surface area contributed by atoms with Crippen molar-refractivity contribution in [1.82, 2.24) is 4.98 Å². The number of nitrogens with zero attached hydrogens (tertiary/aromatic N) is 1. The molecule has 0 aromatic carbocycles. The highest BCUT2D eigenvalue weighted by Crippen LogP contribution is 2.04. The van der Waals surface area contributed by atoms with Crippen LogP contribution in [0.15, 0.2) is 24.4 Å². The Hall–Kier alpha value is -1.22. The maximum atomic E-state index is 11.8. The standard InChI is InChI=1S/C12H17NO2/c1-3-12(15-4-2)11(14)9-10-7-5-6-8-13-10/h5-8,12H,3-4,9H2,1-2H3. The predicted molar refractivity (Wildman–Crippen MR) is 58.7 cm³/mol. The van der Waals surface area contributed by atoms with Gasteiger partial charge in [-0.05, 0) is 25.5 Å². The minimum Gasteiger partial charge on any atom is -0.371 e. The molecular weight excluding hydrogens is 190 g/mol. The molecule has 1 atom stereocenters. The van der Waals surface area contributed by atoms with E-state index in [-0.39, 0.29) is 11.9 Å². The van der Waals surface area contributed by atoms with Crippen molar-refractivity contribution in [2.75, 3.05) is 6.61 Å². The van der Waals surface area contributed by atoms with Gasteiger partial charge in [-0.15, -0.1) is 0 Å². The van der Waals surface area contributed by atoms with Crippen LogP contribution in [-0.4, -0.2) is 23.5 Å². The minimum atomic E-state index is -0.281. The summed E-state index contributed by atoms with van der Waals surface area (Å²) in [7, 11) is 0. The quantitative estimate of drug-likeness (QED) is 0.716. The van der Waals surface area contributed by atoms with Gasteiger partial charge in [0.05, 0.1) is 6.42 Å². The maximum Gasteiger partial charge on any atom is 0.167 e. The molecule has 0 radical (unpaired) electrons. The van der Waals surface area contributed by atoms with Gasteiger partial charge in [0.1, 0.15) is 6.10 Å². The summed E-state index contributed by atoms with van der Waals surface area (Å²) in [6.07, 6.45) is 2.50. The molecule has 82 valence electrons. The molecule has 3 nitrogen and oxygen atoms in total. The highest BCUT2D eigenvalue weighted by molar-refractivity contribution is 5.84. The number of pyridine rings is 1. The van der Waals surface area contributed by atoms with E-state index in [0.717, 1.165) is 12.1 Å². The van der Waals surface area contributed by atoms with Gasteiger partial charge in [-0.1, -0.05) is 13.0 Å². The second kappa shape index (κ2) is 6.30. The summed E-state index contributed by atoms with van der Waals surface area (Å²) in [5.41, 5.74) is 0.806. The zero-order valence-corrected chi connectivity index (χ0v) is 9.27.